The molecular weight excluding hydrogens is 466 g/mol. The summed E-state index contributed by atoms with van der Waals surface area (Å²) in [6.07, 6.45) is 0. The van der Waals surface area contributed by atoms with Crippen molar-refractivity contribution in [3.05, 3.63) is 65.9 Å². The molecule has 0 saturated heterocycles. The molecular formula is C26H27N3O5S. The number of hydrogen-bond acceptors (Lipinski definition) is 7. The third kappa shape index (κ3) is 5.63. The maximum absolute atomic E-state index is 12.9. The van der Waals surface area contributed by atoms with Gasteiger partial charge in [-0.25, -0.2) is 4.98 Å². The molecule has 1 atom stereocenters. The number of thiazole rings is 1. The largest absolute Gasteiger partial charge is 0.497 e. The zero-order chi connectivity index (χ0) is 24.9. The Morgan fingerprint density at radius 3 is 2.40 bits per heavy atom. The van der Waals surface area contributed by atoms with Gasteiger partial charge in [-0.05, 0) is 42.3 Å². The van der Waals surface area contributed by atoms with Crippen LogP contribution in [0.3, 0.4) is 0 Å². The second-order valence-electron chi connectivity index (χ2n) is 8.27. The lowest BCUT2D eigenvalue weighted by atomic mass is 10.0. The highest BCUT2D eigenvalue weighted by Gasteiger charge is 2.25. The van der Waals surface area contributed by atoms with Gasteiger partial charge in [0, 0.05) is 11.6 Å². The van der Waals surface area contributed by atoms with Crippen LogP contribution >= 0.6 is 11.3 Å². The molecule has 0 aliphatic carbocycles. The van der Waals surface area contributed by atoms with E-state index in [2.05, 4.69) is 15.6 Å². The van der Waals surface area contributed by atoms with Gasteiger partial charge in [0.2, 0.25) is 5.91 Å². The number of nitrogens with one attached hydrogen (secondary N) is 2. The first-order valence-electron chi connectivity index (χ1n) is 11.1. The monoisotopic (exact) mass is 493 g/mol. The van der Waals surface area contributed by atoms with Crippen LogP contribution in [0.4, 0.5) is 0 Å². The summed E-state index contributed by atoms with van der Waals surface area (Å²) in [5.41, 5.74) is 1.26. The number of carbonyl (C=O) groups excluding carboxylic acids is 2. The number of aromatic nitrogens is 1. The number of para-hydroxylation sites is 1. The number of furan rings is 1. The summed E-state index contributed by atoms with van der Waals surface area (Å²) >= 11 is 1.55. The fraction of sp³-hybridized carbons (Fsp3) is 0.269. The van der Waals surface area contributed by atoms with Crippen molar-refractivity contribution in [2.24, 2.45) is 5.92 Å². The van der Waals surface area contributed by atoms with Gasteiger partial charge in [0.05, 0.1) is 31.0 Å². The number of rotatable bonds is 9. The van der Waals surface area contributed by atoms with Crippen molar-refractivity contribution >= 4 is 33.4 Å². The Bertz CT molecular complexity index is 1290. The molecule has 2 heterocycles. The zero-order valence-electron chi connectivity index (χ0n) is 20.0. The van der Waals surface area contributed by atoms with Gasteiger partial charge in [-0.2, -0.15) is 0 Å². The maximum Gasteiger partial charge on any atom is 0.252 e. The zero-order valence-corrected chi connectivity index (χ0v) is 20.8. The van der Waals surface area contributed by atoms with Gasteiger partial charge < -0.3 is 24.5 Å². The molecule has 2 aromatic heterocycles. The standard InChI is InChI=1S/C26H27N3O5S/c1-15(2)23(29-24(30)16-11-18(32-3)13-19(12-16)33-4)25(31)27-14-17-9-10-21(34-17)26-28-20-7-5-6-8-22(20)35-26/h5-13,15,23H,14H2,1-4H3,(H,27,31)(H,29,30)/t23-/m1/s1. The van der Waals surface area contributed by atoms with Gasteiger partial charge in [0.15, 0.2) is 10.8 Å². The number of carbonyl (C=O) groups is 2. The van der Waals surface area contributed by atoms with E-state index in [1.165, 1.54) is 14.2 Å². The van der Waals surface area contributed by atoms with E-state index in [0.29, 0.717) is 28.6 Å². The Labute approximate surface area is 207 Å². The van der Waals surface area contributed by atoms with Crippen LogP contribution in [-0.4, -0.2) is 37.1 Å². The molecule has 8 nitrogen and oxygen atoms in total. The van der Waals surface area contributed by atoms with E-state index in [1.807, 2.05) is 50.2 Å². The molecule has 182 valence electrons. The Balaban J connectivity index is 1.41. The average Bonchev–Trinajstić information content (AvgIpc) is 3.52. The highest BCUT2D eigenvalue weighted by atomic mass is 32.1. The van der Waals surface area contributed by atoms with Crippen LogP contribution in [0.1, 0.15) is 30.0 Å². The number of fused-ring (bicyclic) bond motifs is 1. The first-order chi connectivity index (χ1) is 16.9. The lowest BCUT2D eigenvalue weighted by Crippen LogP contribution is -2.49. The molecule has 9 heteroatoms. The summed E-state index contributed by atoms with van der Waals surface area (Å²) in [4.78, 5) is 30.4. The van der Waals surface area contributed by atoms with Crippen LogP contribution in [0, 0.1) is 5.92 Å². The van der Waals surface area contributed by atoms with Crippen molar-refractivity contribution in [2.45, 2.75) is 26.4 Å². The predicted molar refractivity (Wildman–Crippen MR) is 135 cm³/mol. The molecule has 0 unspecified atom stereocenters. The molecule has 2 aromatic carbocycles. The molecule has 0 aliphatic heterocycles. The number of hydrogen-bond donors (Lipinski definition) is 2. The van der Waals surface area contributed by atoms with Gasteiger partial charge in [-0.1, -0.05) is 26.0 Å². The van der Waals surface area contributed by atoms with Crippen LogP contribution in [0.2, 0.25) is 0 Å². The number of ether oxygens (including phenoxy) is 2. The molecule has 2 N–H and O–H groups in total. The van der Waals surface area contributed by atoms with Gasteiger partial charge in [-0.15, -0.1) is 11.3 Å². The van der Waals surface area contributed by atoms with E-state index in [-0.39, 0.29) is 18.4 Å². The molecule has 2 amide bonds. The Kier molecular flexibility index (Phi) is 7.36. The van der Waals surface area contributed by atoms with Gasteiger partial charge in [0.25, 0.3) is 5.91 Å². The second kappa shape index (κ2) is 10.6. The summed E-state index contributed by atoms with van der Waals surface area (Å²) in [6.45, 7) is 3.93. The first-order valence-corrected chi connectivity index (χ1v) is 12.0. The normalized spacial score (nSPS) is 11.9. The Hall–Kier alpha value is -3.85. The number of nitrogens with zero attached hydrogens (tertiary/aromatic N) is 1. The van der Waals surface area contributed by atoms with Gasteiger partial charge in [0.1, 0.15) is 23.3 Å². The minimum Gasteiger partial charge on any atom is -0.497 e. The van der Waals surface area contributed by atoms with E-state index < -0.39 is 11.9 Å². The highest BCUT2D eigenvalue weighted by molar-refractivity contribution is 7.21. The smallest absolute Gasteiger partial charge is 0.252 e. The third-order valence-electron chi connectivity index (χ3n) is 5.45. The van der Waals surface area contributed by atoms with E-state index in [1.54, 1.807) is 29.5 Å². The molecule has 4 rings (SSSR count). The van der Waals surface area contributed by atoms with E-state index in [9.17, 15) is 9.59 Å². The number of methoxy groups -OCH3 is 2. The minimum atomic E-state index is -0.738. The van der Waals surface area contributed by atoms with Crippen molar-refractivity contribution in [3.8, 4) is 22.3 Å². The Morgan fingerprint density at radius 2 is 1.74 bits per heavy atom. The van der Waals surface area contributed by atoms with Crippen molar-refractivity contribution < 1.29 is 23.5 Å². The molecule has 0 spiro atoms. The molecule has 0 radical (unpaired) electrons. The van der Waals surface area contributed by atoms with E-state index in [0.717, 1.165) is 15.2 Å². The number of amides is 2. The van der Waals surface area contributed by atoms with Crippen LogP contribution < -0.4 is 20.1 Å². The lowest BCUT2D eigenvalue weighted by Gasteiger charge is -2.21. The average molecular weight is 494 g/mol. The molecule has 4 aromatic rings. The quantitative estimate of drug-likeness (QED) is 0.352. The summed E-state index contributed by atoms with van der Waals surface area (Å²) in [6, 6.07) is 15.7. The summed E-state index contributed by atoms with van der Waals surface area (Å²) in [5.74, 6) is 1.38. The van der Waals surface area contributed by atoms with Crippen LogP contribution in [0.5, 0.6) is 11.5 Å². The van der Waals surface area contributed by atoms with Crippen molar-refractivity contribution in [1.82, 2.24) is 15.6 Å². The highest BCUT2D eigenvalue weighted by Crippen LogP contribution is 2.31. The van der Waals surface area contributed by atoms with Crippen molar-refractivity contribution in [1.29, 1.82) is 0 Å². The fourth-order valence-corrected chi connectivity index (χ4v) is 4.48. The second-order valence-corrected chi connectivity index (χ2v) is 9.30. The summed E-state index contributed by atoms with van der Waals surface area (Å²) < 4.78 is 17.5. The minimum absolute atomic E-state index is 0.138. The first kappa shape index (κ1) is 24.3. The predicted octanol–water partition coefficient (Wildman–Crippen LogP) is 4.64. The van der Waals surface area contributed by atoms with Crippen LogP contribution in [0.15, 0.2) is 59.0 Å². The molecule has 35 heavy (non-hydrogen) atoms. The van der Waals surface area contributed by atoms with Crippen LogP contribution in [0.25, 0.3) is 21.0 Å². The molecule has 0 aliphatic rings. The third-order valence-corrected chi connectivity index (χ3v) is 6.50. The molecule has 0 saturated carbocycles. The lowest BCUT2D eigenvalue weighted by molar-refractivity contribution is -0.124. The van der Waals surface area contributed by atoms with Crippen molar-refractivity contribution in [2.75, 3.05) is 14.2 Å². The van der Waals surface area contributed by atoms with Crippen LogP contribution in [-0.2, 0) is 11.3 Å². The summed E-state index contributed by atoms with van der Waals surface area (Å²) in [5, 5.41) is 6.46. The van der Waals surface area contributed by atoms with E-state index >= 15 is 0 Å². The van der Waals surface area contributed by atoms with Crippen molar-refractivity contribution in [3.63, 3.8) is 0 Å². The fourth-order valence-electron chi connectivity index (χ4n) is 3.55. The number of benzene rings is 2. The SMILES string of the molecule is COc1cc(OC)cc(C(=O)N[C@@H](C(=O)NCc2ccc(-c3nc4ccccc4s3)o2)C(C)C)c1. The van der Waals surface area contributed by atoms with E-state index in [4.69, 9.17) is 13.9 Å². The van der Waals surface area contributed by atoms with Gasteiger partial charge >= 0.3 is 0 Å². The van der Waals surface area contributed by atoms with Gasteiger partial charge in [-0.3, -0.25) is 9.59 Å². The topological polar surface area (TPSA) is 103 Å². The summed E-state index contributed by atoms with van der Waals surface area (Å²) in [7, 11) is 3.02. The molecule has 0 bridgehead atoms. The maximum atomic E-state index is 12.9. The Morgan fingerprint density at radius 1 is 1.03 bits per heavy atom. The molecule has 0 fully saturated rings.